The lowest BCUT2D eigenvalue weighted by molar-refractivity contribution is -0.142. The molecule has 1 aliphatic heterocycles. The van der Waals surface area contributed by atoms with Gasteiger partial charge in [0.15, 0.2) is 0 Å². The maximum Gasteiger partial charge on any atom is 0.326 e. The van der Waals surface area contributed by atoms with Crippen molar-refractivity contribution in [2.75, 3.05) is 13.1 Å². The summed E-state index contributed by atoms with van der Waals surface area (Å²) in [4.78, 5) is 24.8. The Labute approximate surface area is 107 Å². The van der Waals surface area contributed by atoms with Gasteiger partial charge in [-0.05, 0) is 31.6 Å². The van der Waals surface area contributed by atoms with E-state index in [0.29, 0.717) is 12.5 Å². The molecule has 2 aliphatic rings. The van der Waals surface area contributed by atoms with Gasteiger partial charge in [0.05, 0.1) is 6.54 Å². The molecular weight excluding hydrogens is 232 g/mol. The number of urea groups is 1. The first kappa shape index (κ1) is 12.7. The van der Waals surface area contributed by atoms with Crippen LogP contribution in [0.3, 0.4) is 0 Å². The topological polar surface area (TPSA) is 69.6 Å². The van der Waals surface area contributed by atoms with E-state index < -0.39 is 12.0 Å². The predicted octanol–water partition coefficient (Wildman–Crippen LogP) is 0.904. The molecule has 18 heavy (non-hydrogen) atoms. The molecule has 2 fully saturated rings. The lowest BCUT2D eigenvalue weighted by Crippen LogP contribution is -2.48. The molecule has 0 radical (unpaired) electrons. The van der Waals surface area contributed by atoms with E-state index in [2.05, 4.69) is 17.2 Å². The van der Waals surface area contributed by atoms with Gasteiger partial charge < -0.3 is 15.3 Å². The molecule has 0 spiro atoms. The Kier molecular flexibility index (Phi) is 3.75. The zero-order valence-electron chi connectivity index (χ0n) is 10.5. The first-order chi connectivity index (χ1) is 8.65. The minimum atomic E-state index is -0.888. The van der Waals surface area contributed by atoms with Crippen LogP contribution in [0.15, 0.2) is 0 Å². The third kappa shape index (κ3) is 2.28. The summed E-state index contributed by atoms with van der Waals surface area (Å²) in [5, 5.41) is 12.0. The lowest BCUT2D eigenvalue weighted by atomic mass is 9.94. The smallest absolute Gasteiger partial charge is 0.326 e. The van der Waals surface area contributed by atoms with E-state index in [1.165, 1.54) is 4.90 Å². The second-order valence-electron chi connectivity index (χ2n) is 4.88. The first-order valence-corrected chi connectivity index (χ1v) is 6.32. The molecule has 5 nitrogen and oxygen atoms in total. The maximum absolute atomic E-state index is 11.9. The highest BCUT2D eigenvalue weighted by molar-refractivity contribution is 5.84. The van der Waals surface area contributed by atoms with Gasteiger partial charge in [0.1, 0.15) is 6.04 Å². The maximum atomic E-state index is 11.9. The molecule has 1 saturated carbocycles. The minimum Gasteiger partial charge on any atom is -0.480 e. The normalized spacial score (nSPS) is 29.4. The minimum absolute atomic E-state index is 0.130. The van der Waals surface area contributed by atoms with E-state index in [1.54, 1.807) is 6.92 Å². The van der Waals surface area contributed by atoms with Crippen molar-refractivity contribution in [3.05, 3.63) is 0 Å². The number of carbonyl (C=O) groups excluding carboxylic acids is 1. The molecule has 0 bridgehead atoms. The standard InChI is InChI=1S/C13H18N2O3/c1-2-3-7-14-13(18)15-8-9-5-4-6-10(9)11(15)12(16)17/h9-11H,4-8H2,1H3,(H,14,18)(H,16,17). The van der Waals surface area contributed by atoms with E-state index in [1.807, 2.05) is 0 Å². The molecule has 0 aromatic heterocycles. The summed E-state index contributed by atoms with van der Waals surface area (Å²) < 4.78 is 0. The Morgan fingerprint density at radius 3 is 2.89 bits per heavy atom. The van der Waals surface area contributed by atoms with Crippen molar-refractivity contribution < 1.29 is 14.7 Å². The zero-order valence-corrected chi connectivity index (χ0v) is 10.5. The molecule has 1 saturated heterocycles. The van der Waals surface area contributed by atoms with Crippen LogP contribution in [0.25, 0.3) is 0 Å². The largest absolute Gasteiger partial charge is 0.480 e. The van der Waals surface area contributed by atoms with Crippen LogP contribution in [0.4, 0.5) is 4.79 Å². The van der Waals surface area contributed by atoms with Crippen LogP contribution in [0, 0.1) is 23.7 Å². The van der Waals surface area contributed by atoms with Gasteiger partial charge in [-0.25, -0.2) is 9.59 Å². The Morgan fingerprint density at radius 1 is 1.44 bits per heavy atom. The number of aliphatic carboxylic acids is 1. The van der Waals surface area contributed by atoms with Crippen molar-refractivity contribution in [2.45, 2.75) is 32.2 Å². The van der Waals surface area contributed by atoms with Gasteiger partial charge >= 0.3 is 12.0 Å². The Balaban J connectivity index is 2.04. The Morgan fingerprint density at radius 2 is 2.22 bits per heavy atom. The second-order valence-corrected chi connectivity index (χ2v) is 4.88. The van der Waals surface area contributed by atoms with Crippen molar-refractivity contribution in [1.29, 1.82) is 0 Å². The van der Waals surface area contributed by atoms with Gasteiger partial charge in [-0.3, -0.25) is 0 Å². The molecule has 1 aliphatic carbocycles. The van der Waals surface area contributed by atoms with Gasteiger partial charge in [0.25, 0.3) is 0 Å². The summed E-state index contributed by atoms with van der Waals surface area (Å²) in [6.45, 7) is 2.53. The quantitative estimate of drug-likeness (QED) is 0.715. The van der Waals surface area contributed by atoms with Crippen LogP contribution in [0.5, 0.6) is 0 Å². The summed E-state index contributed by atoms with van der Waals surface area (Å²) in [7, 11) is 0. The van der Waals surface area contributed by atoms with E-state index >= 15 is 0 Å². The van der Waals surface area contributed by atoms with Crippen LogP contribution in [-0.4, -0.2) is 41.1 Å². The van der Waals surface area contributed by atoms with Crippen molar-refractivity contribution in [1.82, 2.24) is 10.2 Å². The average molecular weight is 250 g/mol. The van der Waals surface area contributed by atoms with E-state index in [9.17, 15) is 14.7 Å². The van der Waals surface area contributed by atoms with Gasteiger partial charge in [0, 0.05) is 6.54 Å². The van der Waals surface area contributed by atoms with E-state index in [-0.39, 0.29) is 18.5 Å². The van der Waals surface area contributed by atoms with Crippen molar-refractivity contribution >= 4 is 12.0 Å². The molecule has 0 aromatic rings. The number of fused-ring (bicyclic) bond motifs is 1. The highest BCUT2D eigenvalue weighted by Gasteiger charge is 2.49. The summed E-state index contributed by atoms with van der Waals surface area (Å²) in [6.07, 6.45) is 3.03. The van der Waals surface area contributed by atoms with E-state index in [0.717, 1.165) is 19.3 Å². The lowest BCUT2D eigenvalue weighted by Gasteiger charge is -2.24. The SMILES string of the molecule is CC#CCNC(=O)N1CC2CCCC2C1C(=O)O. The fourth-order valence-electron chi connectivity index (χ4n) is 3.14. The summed E-state index contributed by atoms with van der Waals surface area (Å²) in [5.41, 5.74) is 0. The molecule has 2 rings (SSSR count). The highest BCUT2D eigenvalue weighted by atomic mass is 16.4. The molecule has 2 amide bonds. The fraction of sp³-hybridized carbons (Fsp3) is 0.692. The van der Waals surface area contributed by atoms with Crippen LogP contribution < -0.4 is 5.32 Å². The first-order valence-electron chi connectivity index (χ1n) is 6.32. The number of nitrogens with one attached hydrogen (secondary N) is 1. The number of likely N-dealkylation sites (tertiary alicyclic amines) is 1. The van der Waals surface area contributed by atoms with Crippen molar-refractivity contribution in [2.24, 2.45) is 11.8 Å². The molecule has 0 aromatic carbocycles. The number of carboxylic acid groups (broad SMARTS) is 1. The van der Waals surface area contributed by atoms with Gasteiger partial charge in [0.2, 0.25) is 0 Å². The monoisotopic (exact) mass is 250 g/mol. The fourth-order valence-corrected chi connectivity index (χ4v) is 3.14. The van der Waals surface area contributed by atoms with Gasteiger partial charge in [-0.15, -0.1) is 5.92 Å². The molecule has 3 unspecified atom stereocenters. The third-order valence-corrected chi connectivity index (χ3v) is 3.91. The third-order valence-electron chi connectivity index (χ3n) is 3.91. The molecule has 1 heterocycles. The number of rotatable bonds is 2. The highest BCUT2D eigenvalue weighted by Crippen LogP contribution is 2.42. The van der Waals surface area contributed by atoms with Crippen LogP contribution in [0.1, 0.15) is 26.2 Å². The number of hydrogen-bond donors (Lipinski definition) is 2. The number of amides is 2. The van der Waals surface area contributed by atoms with Gasteiger partial charge in [-0.2, -0.15) is 0 Å². The van der Waals surface area contributed by atoms with E-state index in [4.69, 9.17) is 0 Å². The molecule has 2 N–H and O–H groups in total. The molecule has 98 valence electrons. The average Bonchev–Trinajstić information content (AvgIpc) is 2.87. The van der Waals surface area contributed by atoms with Crippen molar-refractivity contribution in [3.63, 3.8) is 0 Å². The summed E-state index contributed by atoms with van der Waals surface area (Å²) in [6, 6.07) is -0.966. The Hall–Kier alpha value is -1.70. The van der Waals surface area contributed by atoms with Gasteiger partial charge in [-0.1, -0.05) is 12.3 Å². The summed E-state index contributed by atoms with van der Waals surface area (Å²) in [5.74, 6) is 5.03. The number of carboxylic acids is 1. The number of nitrogens with zero attached hydrogens (tertiary/aromatic N) is 1. The number of carbonyl (C=O) groups is 2. The van der Waals surface area contributed by atoms with Crippen LogP contribution >= 0.6 is 0 Å². The van der Waals surface area contributed by atoms with Crippen molar-refractivity contribution in [3.8, 4) is 11.8 Å². The predicted molar refractivity (Wildman–Crippen MR) is 65.8 cm³/mol. The zero-order chi connectivity index (χ0) is 13.1. The summed E-state index contributed by atoms with van der Waals surface area (Å²) >= 11 is 0. The molecule has 5 heteroatoms. The second kappa shape index (κ2) is 5.30. The number of hydrogen-bond acceptors (Lipinski definition) is 2. The molecule has 3 atom stereocenters. The Bertz CT molecular complexity index is 410. The van der Waals surface area contributed by atoms with Crippen LogP contribution in [-0.2, 0) is 4.79 Å². The molecular formula is C13H18N2O3. The van der Waals surface area contributed by atoms with Crippen LogP contribution in [0.2, 0.25) is 0 Å².